The standard InChI is InChI=1S/C19H34O3/c1-2-18(11-12-18)9-5-3-7-16(20)8-4-6-10-19(13-14-19)15-17(21)22/h16,20H,2-15H2,1H3,(H,21,22). The summed E-state index contributed by atoms with van der Waals surface area (Å²) in [5, 5.41) is 18.9. The Morgan fingerprint density at radius 1 is 0.955 bits per heavy atom. The maximum atomic E-state index is 10.8. The lowest BCUT2D eigenvalue weighted by atomic mass is 9.93. The van der Waals surface area contributed by atoms with Crippen LogP contribution in [0.25, 0.3) is 0 Å². The Kier molecular flexibility index (Phi) is 6.31. The van der Waals surface area contributed by atoms with E-state index in [0.717, 1.165) is 51.4 Å². The summed E-state index contributed by atoms with van der Waals surface area (Å²) in [6.45, 7) is 2.30. The van der Waals surface area contributed by atoms with Gasteiger partial charge >= 0.3 is 5.97 Å². The van der Waals surface area contributed by atoms with Crippen LogP contribution in [0.3, 0.4) is 0 Å². The second-order valence-corrected chi connectivity index (χ2v) is 8.07. The topological polar surface area (TPSA) is 57.5 Å². The lowest BCUT2D eigenvalue weighted by molar-refractivity contribution is -0.138. The van der Waals surface area contributed by atoms with Gasteiger partial charge in [-0.2, -0.15) is 0 Å². The van der Waals surface area contributed by atoms with Crippen LogP contribution in [-0.2, 0) is 4.79 Å². The highest BCUT2D eigenvalue weighted by Gasteiger charge is 2.43. The molecule has 3 nitrogen and oxygen atoms in total. The number of carbonyl (C=O) groups is 1. The molecule has 128 valence electrons. The molecule has 2 rings (SSSR count). The van der Waals surface area contributed by atoms with Gasteiger partial charge in [-0.25, -0.2) is 0 Å². The number of rotatable bonds is 13. The van der Waals surface area contributed by atoms with Gasteiger partial charge in [-0.3, -0.25) is 4.79 Å². The molecule has 0 amide bonds. The van der Waals surface area contributed by atoms with Crippen LogP contribution >= 0.6 is 0 Å². The third kappa shape index (κ3) is 5.91. The van der Waals surface area contributed by atoms with Crippen LogP contribution in [0.5, 0.6) is 0 Å². The van der Waals surface area contributed by atoms with E-state index in [1.54, 1.807) is 0 Å². The van der Waals surface area contributed by atoms with Crippen molar-refractivity contribution in [1.29, 1.82) is 0 Å². The van der Waals surface area contributed by atoms with Crippen molar-refractivity contribution in [3.05, 3.63) is 0 Å². The molecule has 3 heteroatoms. The van der Waals surface area contributed by atoms with Crippen LogP contribution in [-0.4, -0.2) is 22.3 Å². The molecule has 0 radical (unpaired) electrons. The molecule has 2 aliphatic carbocycles. The minimum Gasteiger partial charge on any atom is -0.481 e. The molecule has 0 heterocycles. The first-order valence-electron chi connectivity index (χ1n) is 9.39. The fourth-order valence-electron chi connectivity index (χ4n) is 3.87. The molecular weight excluding hydrogens is 276 g/mol. The van der Waals surface area contributed by atoms with Crippen LogP contribution < -0.4 is 0 Å². The molecule has 2 N–H and O–H groups in total. The lowest BCUT2D eigenvalue weighted by Gasteiger charge is -2.15. The van der Waals surface area contributed by atoms with Crippen molar-refractivity contribution in [3.8, 4) is 0 Å². The summed E-state index contributed by atoms with van der Waals surface area (Å²) in [7, 11) is 0. The molecule has 0 aromatic heterocycles. The minimum absolute atomic E-state index is 0.121. The zero-order chi connectivity index (χ0) is 16.1. The summed E-state index contributed by atoms with van der Waals surface area (Å²) in [6.07, 6.45) is 15.3. The van der Waals surface area contributed by atoms with E-state index in [1.807, 2.05) is 0 Å². The van der Waals surface area contributed by atoms with Crippen molar-refractivity contribution in [3.63, 3.8) is 0 Å². The van der Waals surface area contributed by atoms with Gasteiger partial charge in [-0.1, -0.05) is 39.0 Å². The zero-order valence-corrected chi connectivity index (χ0v) is 14.3. The molecule has 2 saturated carbocycles. The molecule has 0 saturated heterocycles. The van der Waals surface area contributed by atoms with E-state index >= 15 is 0 Å². The third-order valence-corrected chi connectivity index (χ3v) is 6.18. The van der Waals surface area contributed by atoms with E-state index in [0.29, 0.717) is 11.8 Å². The summed E-state index contributed by atoms with van der Waals surface area (Å²) in [4.78, 5) is 10.8. The smallest absolute Gasteiger partial charge is 0.303 e. The molecule has 0 aromatic rings. The van der Waals surface area contributed by atoms with Crippen molar-refractivity contribution in [2.24, 2.45) is 10.8 Å². The molecule has 2 fully saturated rings. The van der Waals surface area contributed by atoms with Crippen LogP contribution in [0.4, 0.5) is 0 Å². The van der Waals surface area contributed by atoms with Gasteiger partial charge in [-0.15, -0.1) is 0 Å². The van der Waals surface area contributed by atoms with E-state index in [-0.39, 0.29) is 11.5 Å². The summed E-state index contributed by atoms with van der Waals surface area (Å²) in [5.74, 6) is -0.655. The Morgan fingerprint density at radius 2 is 1.45 bits per heavy atom. The first-order chi connectivity index (χ1) is 10.5. The van der Waals surface area contributed by atoms with Crippen molar-refractivity contribution >= 4 is 5.97 Å². The second-order valence-electron chi connectivity index (χ2n) is 8.07. The average Bonchev–Trinajstić information content (AvgIpc) is 3.37. The Hall–Kier alpha value is -0.570. The van der Waals surface area contributed by atoms with Crippen molar-refractivity contribution in [2.75, 3.05) is 0 Å². The van der Waals surface area contributed by atoms with Gasteiger partial charge in [0.05, 0.1) is 12.5 Å². The van der Waals surface area contributed by atoms with Gasteiger partial charge in [0.1, 0.15) is 0 Å². The van der Waals surface area contributed by atoms with E-state index < -0.39 is 5.97 Å². The van der Waals surface area contributed by atoms with Crippen molar-refractivity contribution in [1.82, 2.24) is 0 Å². The SMILES string of the molecule is CCC1(CCCCC(O)CCCCC2(CC(=O)O)CC2)CC1. The average molecular weight is 310 g/mol. The van der Waals surface area contributed by atoms with Crippen LogP contribution in [0.2, 0.25) is 0 Å². The molecule has 1 unspecified atom stereocenters. The molecule has 22 heavy (non-hydrogen) atoms. The van der Waals surface area contributed by atoms with Crippen molar-refractivity contribution in [2.45, 2.75) is 103 Å². The van der Waals surface area contributed by atoms with E-state index in [9.17, 15) is 9.90 Å². The fourth-order valence-corrected chi connectivity index (χ4v) is 3.87. The first-order valence-corrected chi connectivity index (χ1v) is 9.39. The number of hydrogen-bond acceptors (Lipinski definition) is 2. The highest BCUT2D eigenvalue weighted by molar-refractivity contribution is 5.68. The van der Waals surface area contributed by atoms with Crippen molar-refractivity contribution < 1.29 is 15.0 Å². The number of unbranched alkanes of at least 4 members (excludes halogenated alkanes) is 2. The summed E-state index contributed by atoms with van der Waals surface area (Å²) in [5.41, 5.74) is 0.809. The Balaban J connectivity index is 1.44. The van der Waals surface area contributed by atoms with E-state index in [4.69, 9.17) is 5.11 Å². The second kappa shape index (κ2) is 7.81. The molecule has 0 aliphatic heterocycles. The van der Waals surface area contributed by atoms with Gasteiger partial charge in [0.25, 0.3) is 0 Å². The monoisotopic (exact) mass is 310 g/mol. The van der Waals surface area contributed by atoms with E-state index in [2.05, 4.69) is 6.92 Å². The number of hydrogen-bond donors (Lipinski definition) is 2. The molecule has 2 aliphatic rings. The predicted molar refractivity (Wildman–Crippen MR) is 88.8 cm³/mol. The highest BCUT2D eigenvalue weighted by atomic mass is 16.4. The normalized spacial score (nSPS) is 22.3. The summed E-state index contributed by atoms with van der Waals surface area (Å²) < 4.78 is 0. The van der Waals surface area contributed by atoms with Gasteiger partial charge in [0.2, 0.25) is 0 Å². The number of aliphatic hydroxyl groups is 1. The predicted octanol–water partition coefficient (Wildman–Crippen LogP) is 4.91. The number of carboxylic acid groups (broad SMARTS) is 1. The van der Waals surface area contributed by atoms with Crippen LogP contribution in [0, 0.1) is 10.8 Å². The van der Waals surface area contributed by atoms with E-state index in [1.165, 1.54) is 32.1 Å². The molecule has 0 bridgehead atoms. The largest absolute Gasteiger partial charge is 0.481 e. The zero-order valence-electron chi connectivity index (χ0n) is 14.3. The lowest BCUT2D eigenvalue weighted by Crippen LogP contribution is -2.10. The molecule has 0 spiro atoms. The number of carboxylic acids is 1. The Bertz CT molecular complexity index is 356. The maximum absolute atomic E-state index is 10.8. The Morgan fingerprint density at radius 3 is 1.86 bits per heavy atom. The maximum Gasteiger partial charge on any atom is 0.303 e. The minimum atomic E-state index is -0.655. The molecule has 0 aromatic carbocycles. The van der Waals surface area contributed by atoms with Crippen LogP contribution in [0.15, 0.2) is 0 Å². The summed E-state index contributed by atoms with van der Waals surface area (Å²) in [6, 6.07) is 0. The fraction of sp³-hybridized carbons (Fsp3) is 0.947. The first kappa shape index (κ1) is 17.8. The quantitative estimate of drug-likeness (QED) is 0.475. The van der Waals surface area contributed by atoms with Gasteiger partial charge in [0, 0.05) is 0 Å². The highest BCUT2D eigenvalue weighted by Crippen LogP contribution is 2.53. The summed E-state index contributed by atoms with van der Waals surface area (Å²) >= 11 is 0. The number of aliphatic carboxylic acids is 1. The Labute approximate surface area is 135 Å². The third-order valence-electron chi connectivity index (χ3n) is 6.18. The van der Waals surface area contributed by atoms with Gasteiger partial charge in [-0.05, 0) is 62.2 Å². The van der Waals surface area contributed by atoms with Gasteiger partial charge < -0.3 is 10.2 Å². The molecular formula is C19H34O3. The number of aliphatic hydroxyl groups excluding tert-OH is 1. The van der Waals surface area contributed by atoms with Crippen LogP contribution in [0.1, 0.15) is 96.8 Å². The molecule has 1 atom stereocenters. The van der Waals surface area contributed by atoms with Gasteiger partial charge in [0.15, 0.2) is 0 Å².